The molecule has 1 heterocycles. The Balaban J connectivity index is 2.78. The van der Waals surface area contributed by atoms with E-state index in [1.807, 2.05) is 12.1 Å². The second kappa shape index (κ2) is 4.65. The molecule has 3 heteroatoms. The zero-order chi connectivity index (χ0) is 10.7. The highest BCUT2D eigenvalue weighted by atomic mass is 35.5. The number of pyridine rings is 1. The Kier molecular flexibility index (Phi) is 3.76. The van der Waals surface area contributed by atoms with Crippen LogP contribution in [0.25, 0.3) is 0 Å². The molecule has 1 rings (SSSR count). The fourth-order valence-corrected chi connectivity index (χ4v) is 1.34. The average Bonchev–Trinajstić information content (AvgIpc) is 2.16. The van der Waals surface area contributed by atoms with Crippen molar-refractivity contribution in [3.63, 3.8) is 0 Å². The van der Waals surface area contributed by atoms with Gasteiger partial charge in [-0.3, -0.25) is 0 Å². The van der Waals surface area contributed by atoms with Crippen LogP contribution in [-0.4, -0.2) is 18.1 Å². The van der Waals surface area contributed by atoms with Crippen LogP contribution in [0.15, 0.2) is 18.3 Å². The van der Waals surface area contributed by atoms with Gasteiger partial charge in [-0.25, -0.2) is 4.98 Å². The van der Waals surface area contributed by atoms with Gasteiger partial charge in [-0.15, -0.1) is 0 Å². The van der Waals surface area contributed by atoms with Crippen molar-refractivity contribution in [1.82, 2.24) is 4.98 Å². The van der Waals surface area contributed by atoms with Crippen LogP contribution in [0.4, 0.5) is 5.82 Å². The number of nitrogens with zero attached hydrogens (tertiary/aromatic N) is 2. The average molecular weight is 213 g/mol. The maximum Gasteiger partial charge on any atom is 0.128 e. The van der Waals surface area contributed by atoms with Crippen LogP contribution in [0.1, 0.15) is 20.8 Å². The first-order valence-corrected chi connectivity index (χ1v) is 5.24. The minimum atomic E-state index is 0.476. The summed E-state index contributed by atoms with van der Waals surface area (Å²) in [6, 6.07) is 4.29. The molecule has 78 valence electrons. The summed E-state index contributed by atoms with van der Waals surface area (Å²) in [6.45, 7) is 6.61. The Hall–Kier alpha value is -0.760. The van der Waals surface area contributed by atoms with Crippen molar-refractivity contribution < 1.29 is 0 Å². The number of halogens is 1. The fourth-order valence-electron chi connectivity index (χ4n) is 1.23. The monoisotopic (exact) mass is 212 g/mol. The summed E-state index contributed by atoms with van der Waals surface area (Å²) >= 11 is 5.78. The second-order valence-electron chi connectivity index (χ2n) is 3.93. The summed E-state index contributed by atoms with van der Waals surface area (Å²) in [4.78, 5) is 6.44. The van der Waals surface area contributed by atoms with E-state index in [1.54, 1.807) is 6.20 Å². The smallest absolute Gasteiger partial charge is 0.128 e. The van der Waals surface area contributed by atoms with Gasteiger partial charge in [-0.1, -0.05) is 25.4 Å². The highest BCUT2D eigenvalue weighted by Gasteiger charge is 2.14. The quantitative estimate of drug-likeness (QED) is 0.765. The van der Waals surface area contributed by atoms with Gasteiger partial charge in [0.15, 0.2) is 0 Å². The molecule has 14 heavy (non-hydrogen) atoms. The van der Waals surface area contributed by atoms with Crippen molar-refractivity contribution in [2.24, 2.45) is 5.92 Å². The van der Waals surface area contributed by atoms with Gasteiger partial charge in [0.2, 0.25) is 0 Å². The van der Waals surface area contributed by atoms with Gasteiger partial charge < -0.3 is 4.90 Å². The summed E-state index contributed by atoms with van der Waals surface area (Å²) in [5.74, 6) is 1.58. The van der Waals surface area contributed by atoms with E-state index in [9.17, 15) is 0 Å². The summed E-state index contributed by atoms with van der Waals surface area (Å²) in [5.41, 5.74) is 0. The summed E-state index contributed by atoms with van der Waals surface area (Å²) in [7, 11) is 2.06. The predicted molar refractivity (Wildman–Crippen MR) is 62.0 cm³/mol. The van der Waals surface area contributed by atoms with Crippen molar-refractivity contribution in [3.8, 4) is 0 Å². The lowest BCUT2D eigenvalue weighted by Gasteiger charge is -2.28. The van der Waals surface area contributed by atoms with Gasteiger partial charge in [0, 0.05) is 19.3 Å². The lowest BCUT2D eigenvalue weighted by Crippen LogP contribution is -2.33. The van der Waals surface area contributed by atoms with Gasteiger partial charge in [0.05, 0.1) is 5.02 Å². The van der Waals surface area contributed by atoms with Crippen LogP contribution in [0, 0.1) is 5.92 Å². The molecule has 1 aromatic heterocycles. The Morgan fingerprint density at radius 2 is 1.93 bits per heavy atom. The first-order chi connectivity index (χ1) is 6.52. The third-order valence-electron chi connectivity index (χ3n) is 2.65. The molecule has 0 N–H and O–H groups in total. The van der Waals surface area contributed by atoms with E-state index in [1.165, 1.54) is 0 Å². The molecule has 0 aliphatic carbocycles. The molecule has 0 aliphatic heterocycles. The van der Waals surface area contributed by atoms with E-state index in [0.717, 1.165) is 5.82 Å². The number of rotatable bonds is 3. The standard InChI is InChI=1S/C11H17ClN2/c1-8(2)9(3)14(4)11-6-5-10(12)7-13-11/h5-9H,1-4H3. The van der Waals surface area contributed by atoms with E-state index in [0.29, 0.717) is 17.0 Å². The molecule has 1 aromatic rings. The van der Waals surface area contributed by atoms with Gasteiger partial charge >= 0.3 is 0 Å². The van der Waals surface area contributed by atoms with Crippen LogP contribution < -0.4 is 4.90 Å². The molecule has 0 bridgehead atoms. The Morgan fingerprint density at radius 3 is 2.36 bits per heavy atom. The molecule has 2 nitrogen and oxygen atoms in total. The van der Waals surface area contributed by atoms with Crippen molar-refractivity contribution >= 4 is 17.4 Å². The predicted octanol–water partition coefficient (Wildman–Crippen LogP) is 3.22. The van der Waals surface area contributed by atoms with Gasteiger partial charge in [-0.2, -0.15) is 0 Å². The lowest BCUT2D eigenvalue weighted by atomic mass is 10.1. The largest absolute Gasteiger partial charge is 0.357 e. The van der Waals surface area contributed by atoms with Crippen molar-refractivity contribution in [2.45, 2.75) is 26.8 Å². The topological polar surface area (TPSA) is 16.1 Å². The molecule has 0 fully saturated rings. The van der Waals surface area contributed by atoms with Gasteiger partial charge in [0.25, 0.3) is 0 Å². The van der Waals surface area contributed by atoms with Crippen LogP contribution >= 0.6 is 11.6 Å². The molecule has 1 unspecified atom stereocenters. The number of hydrogen-bond acceptors (Lipinski definition) is 2. The van der Waals surface area contributed by atoms with E-state index in [4.69, 9.17) is 11.6 Å². The third-order valence-corrected chi connectivity index (χ3v) is 2.87. The Labute approximate surface area is 90.9 Å². The molecule has 0 aliphatic rings. The fraction of sp³-hybridized carbons (Fsp3) is 0.545. The van der Waals surface area contributed by atoms with Crippen LogP contribution in [0.2, 0.25) is 5.02 Å². The molecule has 0 aromatic carbocycles. The minimum Gasteiger partial charge on any atom is -0.357 e. The molecule has 0 saturated heterocycles. The SMILES string of the molecule is CC(C)C(C)N(C)c1ccc(Cl)cn1. The lowest BCUT2D eigenvalue weighted by molar-refractivity contribution is 0.503. The second-order valence-corrected chi connectivity index (χ2v) is 4.37. The van der Waals surface area contributed by atoms with E-state index in [2.05, 4.69) is 37.7 Å². The normalized spacial score (nSPS) is 13.0. The van der Waals surface area contributed by atoms with Crippen molar-refractivity contribution in [2.75, 3.05) is 11.9 Å². The summed E-state index contributed by atoms with van der Waals surface area (Å²) in [5, 5.41) is 0.680. The van der Waals surface area contributed by atoms with E-state index in [-0.39, 0.29) is 0 Å². The molecule has 0 radical (unpaired) electrons. The zero-order valence-corrected chi connectivity index (χ0v) is 9.92. The molecule has 0 spiro atoms. The number of aromatic nitrogens is 1. The first-order valence-electron chi connectivity index (χ1n) is 4.86. The van der Waals surface area contributed by atoms with Crippen molar-refractivity contribution in [3.05, 3.63) is 23.4 Å². The number of anilines is 1. The molecular formula is C11H17ClN2. The summed E-state index contributed by atoms with van der Waals surface area (Å²) in [6.07, 6.45) is 1.68. The Bertz CT molecular complexity index is 282. The number of hydrogen-bond donors (Lipinski definition) is 0. The first kappa shape index (κ1) is 11.3. The van der Waals surface area contributed by atoms with Crippen LogP contribution in [0.5, 0.6) is 0 Å². The van der Waals surface area contributed by atoms with Gasteiger partial charge in [-0.05, 0) is 25.0 Å². The molecule has 0 saturated carbocycles. The highest BCUT2D eigenvalue weighted by Crippen LogP contribution is 2.18. The molecule has 0 amide bonds. The third kappa shape index (κ3) is 2.61. The van der Waals surface area contributed by atoms with Gasteiger partial charge in [0.1, 0.15) is 5.82 Å². The Morgan fingerprint density at radius 1 is 1.29 bits per heavy atom. The maximum atomic E-state index is 5.78. The summed E-state index contributed by atoms with van der Waals surface area (Å²) < 4.78 is 0. The molecular weight excluding hydrogens is 196 g/mol. The molecule has 1 atom stereocenters. The van der Waals surface area contributed by atoms with Crippen LogP contribution in [0.3, 0.4) is 0 Å². The van der Waals surface area contributed by atoms with Crippen LogP contribution in [-0.2, 0) is 0 Å². The van der Waals surface area contributed by atoms with E-state index >= 15 is 0 Å². The maximum absolute atomic E-state index is 5.78. The zero-order valence-electron chi connectivity index (χ0n) is 9.16. The van der Waals surface area contributed by atoms with Crippen molar-refractivity contribution in [1.29, 1.82) is 0 Å². The highest BCUT2D eigenvalue weighted by molar-refractivity contribution is 6.30. The van der Waals surface area contributed by atoms with E-state index < -0.39 is 0 Å². The minimum absolute atomic E-state index is 0.476.